The second-order valence-corrected chi connectivity index (χ2v) is 5.10. The molecule has 1 atom stereocenters. The first-order valence-corrected chi connectivity index (χ1v) is 6.53. The molecule has 1 saturated carbocycles. The summed E-state index contributed by atoms with van der Waals surface area (Å²) < 4.78 is 5.21. The van der Waals surface area contributed by atoms with Crippen LogP contribution in [0.3, 0.4) is 0 Å². The van der Waals surface area contributed by atoms with Crippen LogP contribution < -0.4 is 4.74 Å². The first-order valence-electron chi connectivity index (χ1n) is 6.53. The molecule has 3 nitrogen and oxygen atoms in total. The van der Waals surface area contributed by atoms with Crippen LogP contribution in [-0.4, -0.2) is 31.4 Å². The van der Waals surface area contributed by atoms with Gasteiger partial charge in [-0.3, -0.25) is 4.79 Å². The van der Waals surface area contributed by atoms with E-state index >= 15 is 0 Å². The monoisotopic (exact) mass is 247 g/mol. The van der Waals surface area contributed by atoms with Gasteiger partial charge in [0, 0.05) is 25.4 Å². The highest BCUT2D eigenvalue weighted by Gasteiger charge is 2.25. The van der Waals surface area contributed by atoms with Gasteiger partial charge >= 0.3 is 0 Å². The van der Waals surface area contributed by atoms with Crippen molar-refractivity contribution in [1.29, 1.82) is 0 Å². The van der Waals surface area contributed by atoms with Crippen LogP contribution in [0, 0.1) is 5.92 Å². The van der Waals surface area contributed by atoms with Crippen molar-refractivity contribution >= 4 is 5.78 Å². The third-order valence-electron chi connectivity index (χ3n) is 3.55. The summed E-state index contributed by atoms with van der Waals surface area (Å²) >= 11 is 0. The first kappa shape index (κ1) is 13.1. The summed E-state index contributed by atoms with van der Waals surface area (Å²) in [5.41, 5.74) is 1.22. The van der Waals surface area contributed by atoms with Crippen LogP contribution in [0.5, 0.6) is 5.75 Å². The van der Waals surface area contributed by atoms with Gasteiger partial charge in [0.25, 0.3) is 0 Å². The third-order valence-corrected chi connectivity index (χ3v) is 3.55. The van der Waals surface area contributed by atoms with Gasteiger partial charge in [-0.05, 0) is 37.6 Å². The van der Waals surface area contributed by atoms with Crippen LogP contribution in [0.4, 0.5) is 0 Å². The van der Waals surface area contributed by atoms with E-state index in [0.717, 1.165) is 38.1 Å². The van der Waals surface area contributed by atoms with Crippen molar-refractivity contribution in [2.24, 2.45) is 5.92 Å². The molecule has 0 saturated heterocycles. The number of ketones is 1. The van der Waals surface area contributed by atoms with E-state index in [1.165, 1.54) is 5.56 Å². The van der Waals surface area contributed by atoms with E-state index in [0.29, 0.717) is 5.78 Å². The lowest BCUT2D eigenvalue weighted by atomic mass is 10.1. The number of hydrogen-bond acceptors (Lipinski definition) is 3. The first-order chi connectivity index (χ1) is 8.69. The Morgan fingerprint density at radius 2 is 2.28 bits per heavy atom. The SMILES string of the molecule is COc1cccc(CN(C)CC2CCCC2=O)c1. The van der Waals surface area contributed by atoms with Crippen LogP contribution in [0.2, 0.25) is 0 Å². The molecule has 1 aromatic carbocycles. The lowest BCUT2D eigenvalue weighted by Gasteiger charge is -2.20. The Bertz CT molecular complexity index is 417. The molecule has 0 heterocycles. The lowest BCUT2D eigenvalue weighted by molar-refractivity contribution is -0.121. The molecule has 1 unspecified atom stereocenters. The van der Waals surface area contributed by atoms with Gasteiger partial charge in [0.15, 0.2) is 0 Å². The molecule has 0 radical (unpaired) electrons. The quantitative estimate of drug-likeness (QED) is 0.800. The number of carbonyl (C=O) groups is 1. The van der Waals surface area contributed by atoms with Gasteiger partial charge in [-0.15, -0.1) is 0 Å². The summed E-state index contributed by atoms with van der Waals surface area (Å²) in [5.74, 6) is 1.57. The molecule has 0 bridgehead atoms. The topological polar surface area (TPSA) is 29.5 Å². The molecule has 0 aromatic heterocycles. The lowest BCUT2D eigenvalue weighted by Crippen LogP contribution is -2.27. The van der Waals surface area contributed by atoms with E-state index < -0.39 is 0 Å². The van der Waals surface area contributed by atoms with Crippen LogP contribution in [-0.2, 0) is 11.3 Å². The van der Waals surface area contributed by atoms with Crippen molar-refractivity contribution in [2.45, 2.75) is 25.8 Å². The van der Waals surface area contributed by atoms with Gasteiger partial charge in [-0.2, -0.15) is 0 Å². The Hall–Kier alpha value is -1.35. The van der Waals surface area contributed by atoms with Gasteiger partial charge < -0.3 is 9.64 Å². The molecule has 18 heavy (non-hydrogen) atoms. The molecule has 1 fully saturated rings. The molecule has 0 N–H and O–H groups in total. The molecule has 3 heteroatoms. The number of methoxy groups -OCH3 is 1. The Balaban J connectivity index is 1.89. The zero-order valence-corrected chi connectivity index (χ0v) is 11.2. The average molecular weight is 247 g/mol. The summed E-state index contributed by atoms with van der Waals surface area (Å²) in [6.07, 6.45) is 2.90. The van der Waals surface area contributed by atoms with E-state index in [1.807, 2.05) is 18.2 Å². The summed E-state index contributed by atoms with van der Waals surface area (Å²) in [5, 5.41) is 0. The molecule has 1 aromatic rings. The van der Waals surface area contributed by atoms with Crippen molar-refractivity contribution in [3.8, 4) is 5.75 Å². The van der Waals surface area contributed by atoms with Crippen molar-refractivity contribution in [2.75, 3.05) is 20.7 Å². The fraction of sp³-hybridized carbons (Fsp3) is 0.533. The molecule has 0 amide bonds. The molecular formula is C15H21NO2. The number of benzene rings is 1. The minimum Gasteiger partial charge on any atom is -0.497 e. The normalized spacial score (nSPS) is 19.5. The van der Waals surface area contributed by atoms with E-state index in [2.05, 4.69) is 18.0 Å². The highest BCUT2D eigenvalue weighted by Crippen LogP contribution is 2.22. The Labute approximate surface area is 109 Å². The summed E-state index contributed by atoms with van der Waals surface area (Å²) in [6, 6.07) is 8.09. The standard InChI is InChI=1S/C15H21NO2/c1-16(11-13-6-4-8-15(13)17)10-12-5-3-7-14(9-12)18-2/h3,5,7,9,13H,4,6,8,10-11H2,1-2H3. The number of carbonyl (C=O) groups excluding carboxylic acids is 1. The van der Waals surface area contributed by atoms with Crippen LogP contribution in [0.1, 0.15) is 24.8 Å². The summed E-state index contributed by atoms with van der Waals surface area (Å²) in [4.78, 5) is 13.8. The zero-order chi connectivity index (χ0) is 13.0. The summed E-state index contributed by atoms with van der Waals surface area (Å²) in [7, 11) is 3.76. The Kier molecular flexibility index (Phi) is 4.37. The predicted octanol–water partition coefficient (Wildman–Crippen LogP) is 2.50. The highest BCUT2D eigenvalue weighted by molar-refractivity contribution is 5.83. The largest absolute Gasteiger partial charge is 0.497 e. The Morgan fingerprint density at radius 1 is 1.44 bits per heavy atom. The van der Waals surface area contributed by atoms with E-state index in [4.69, 9.17) is 4.74 Å². The van der Waals surface area contributed by atoms with Gasteiger partial charge in [-0.25, -0.2) is 0 Å². The molecule has 0 spiro atoms. The maximum Gasteiger partial charge on any atom is 0.137 e. The third kappa shape index (κ3) is 3.33. The van der Waals surface area contributed by atoms with Gasteiger partial charge in [0.05, 0.1) is 7.11 Å². The molecular weight excluding hydrogens is 226 g/mol. The predicted molar refractivity (Wildman–Crippen MR) is 71.7 cm³/mol. The van der Waals surface area contributed by atoms with E-state index in [-0.39, 0.29) is 5.92 Å². The zero-order valence-electron chi connectivity index (χ0n) is 11.2. The Morgan fingerprint density at radius 3 is 2.94 bits per heavy atom. The fourth-order valence-electron chi connectivity index (χ4n) is 2.60. The molecule has 0 aliphatic heterocycles. The van der Waals surface area contributed by atoms with Gasteiger partial charge in [0.1, 0.15) is 11.5 Å². The van der Waals surface area contributed by atoms with Crippen LogP contribution in [0.15, 0.2) is 24.3 Å². The van der Waals surface area contributed by atoms with Gasteiger partial charge in [0.2, 0.25) is 0 Å². The van der Waals surface area contributed by atoms with E-state index in [9.17, 15) is 4.79 Å². The number of Topliss-reactive ketones (excluding diaryl/α,β-unsaturated/α-hetero) is 1. The second-order valence-electron chi connectivity index (χ2n) is 5.10. The second kappa shape index (κ2) is 6.01. The number of ether oxygens (including phenoxy) is 1. The molecule has 1 aliphatic carbocycles. The fourth-order valence-corrected chi connectivity index (χ4v) is 2.60. The number of rotatable bonds is 5. The molecule has 2 rings (SSSR count). The minimum atomic E-state index is 0.251. The highest BCUT2D eigenvalue weighted by atomic mass is 16.5. The van der Waals surface area contributed by atoms with Gasteiger partial charge in [-0.1, -0.05) is 12.1 Å². The molecule has 1 aliphatic rings. The number of nitrogens with zero attached hydrogens (tertiary/aromatic N) is 1. The maximum absolute atomic E-state index is 11.6. The number of hydrogen-bond donors (Lipinski definition) is 0. The van der Waals surface area contributed by atoms with Crippen molar-refractivity contribution in [3.05, 3.63) is 29.8 Å². The van der Waals surface area contributed by atoms with E-state index in [1.54, 1.807) is 7.11 Å². The van der Waals surface area contributed by atoms with Crippen molar-refractivity contribution in [3.63, 3.8) is 0 Å². The maximum atomic E-state index is 11.6. The smallest absolute Gasteiger partial charge is 0.137 e. The minimum absolute atomic E-state index is 0.251. The van der Waals surface area contributed by atoms with Crippen LogP contribution >= 0.6 is 0 Å². The van der Waals surface area contributed by atoms with Crippen LogP contribution in [0.25, 0.3) is 0 Å². The van der Waals surface area contributed by atoms with Crippen molar-refractivity contribution < 1.29 is 9.53 Å². The summed E-state index contributed by atoms with van der Waals surface area (Å²) in [6.45, 7) is 1.73. The van der Waals surface area contributed by atoms with Crippen molar-refractivity contribution in [1.82, 2.24) is 4.90 Å². The molecule has 98 valence electrons. The average Bonchev–Trinajstić information content (AvgIpc) is 2.75.